The molecule has 0 saturated heterocycles. The van der Waals surface area contributed by atoms with Crippen molar-refractivity contribution in [2.75, 3.05) is 5.32 Å². The average Bonchev–Trinajstić information content (AvgIpc) is 2.08. The van der Waals surface area contributed by atoms with Gasteiger partial charge in [0, 0.05) is 9.37 Å². The largest absolute Gasteiger partial charge is 0.324 e. The molecule has 0 saturated carbocycles. The first-order valence-corrected chi connectivity index (χ1v) is 5.90. The van der Waals surface area contributed by atoms with E-state index in [1.54, 1.807) is 11.8 Å². The Morgan fingerprint density at radius 1 is 1.43 bits per heavy atom. The van der Waals surface area contributed by atoms with Gasteiger partial charge in [-0.25, -0.2) is 0 Å². The zero-order valence-corrected chi connectivity index (χ0v) is 10.3. The van der Waals surface area contributed by atoms with E-state index < -0.39 is 0 Å². The molecule has 0 atom stereocenters. The molecule has 0 aliphatic carbocycles. The maximum Gasteiger partial charge on any atom is 0.240 e. The molecule has 1 aliphatic rings. The van der Waals surface area contributed by atoms with Crippen molar-refractivity contribution in [2.24, 2.45) is 0 Å². The normalized spacial score (nSPS) is 18.6. The van der Waals surface area contributed by atoms with E-state index in [4.69, 9.17) is 0 Å². The van der Waals surface area contributed by atoms with E-state index in [-0.39, 0.29) is 10.7 Å². The Morgan fingerprint density at radius 3 is 2.86 bits per heavy atom. The van der Waals surface area contributed by atoms with Gasteiger partial charge in [0.15, 0.2) is 0 Å². The molecule has 1 aromatic rings. The standard InChI is InChI=1S/C10H10BrNOS/c1-10(2)9(13)12-7-5-6(11)3-4-8(7)14-10/h3-5H,1-2H3,(H,12,13). The molecule has 14 heavy (non-hydrogen) atoms. The fourth-order valence-electron chi connectivity index (χ4n) is 1.28. The van der Waals surface area contributed by atoms with Gasteiger partial charge in [-0.05, 0) is 32.0 Å². The first-order valence-electron chi connectivity index (χ1n) is 4.29. The Labute approximate surface area is 95.6 Å². The number of rotatable bonds is 0. The molecule has 0 radical (unpaired) electrons. The van der Waals surface area contributed by atoms with Gasteiger partial charge in [-0.15, -0.1) is 11.8 Å². The van der Waals surface area contributed by atoms with Crippen LogP contribution in [0.2, 0.25) is 0 Å². The lowest BCUT2D eigenvalue weighted by molar-refractivity contribution is -0.117. The highest BCUT2D eigenvalue weighted by Gasteiger charge is 2.34. The summed E-state index contributed by atoms with van der Waals surface area (Å²) in [7, 11) is 0. The van der Waals surface area contributed by atoms with Crippen molar-refractivity contribution in [3.63, 3.8) is 0 Å². The molecule has 1 aliphatic heterocycles. The predicted octanol–water partition coefficient (Wildman–Crippen LogP) is 3.27. The van der Waals surface area contributed by atoms with E-state index in [0.717, 1.165) is 15.1 Å². The number of carbonyl (C=O) groups is 1. The number of halogens is 1. The van der Waals surface area contributed by atoms with Crippen molar-refractivity contribution in [3.05, 3.63) is 22.7 Å². The molecule has 0 spiro atoms. The van der Waals surface area contributed by atoms with Crippen LogP contribution in [-0.4, -0.2) is 10.7 Å². The minimum Gasteiger partial charge on any atom is -0.324 e. The molecular formula is C10H10BrNOS. The first-order chi connectivity index (χ1) is 6.49. The van der Waals surface area contributed by atoms with Gasteiger partial charge in [-0.3, -0.25) is 4.79 Å². The molecule has 0 bridgehead atoms. The Morgan fingerprint density at radius 2 is 2.14 bits per heavy atom. The van der Waals surface area contributed by atoms with Crippen LogP contribution in [0.25, 0.3) is 0 Å². The maximum atomic E-state index is 11.6. The lowest BCUT2D eigenvalue weighted by atomic mass is 10.2. The molecule has 2 rings (SSSR count). The van der Waals surface area contributed by atoms with E-state index in [9.17, 15) is 4.79 Å². The molecule has 1 heterocycles. The number of fused-ring (bicyclic) bond motifs is 1. The number of nitrogens with one attached hydrogen (secondary N) is 1. The third-order valence-corrected chi connectivity index (χ3v) is 3.87. The zero-order valence-electron chi connectivity index (χ0n) is 7.93. The summed E-state index contributed by atoms with van der Waals surface area (Å²) in [4.78, 5) is 12.8. The van der Waals surface area contributed by atoms with E-state index >= 15 is 0 Å². The van der Waals surface area contributed by atoms with Crippen molar-refractivity contribution in [3.8, 4) is 0 Å². The molecule has 0 aromatic heterocycles. The van der Waals surface area contributed by atoms with Crippen molar-refractivity contribution < 1.29 is 4.79 Å². The van der Waals surface area contributed by atoms with Crippen molar-refractivity contribution in [2.45, 2.75) is 23.5 Å². The predicted molar refractivity (Wildman–Crippen MR) is 62.7 cm³/mol. The van der Waals surface area contributed by atoms with E-state index in [0.29, 0.717) is 0 Å². The second-order valence-corrected chi connectivity index (χ2v) is 6.29. The van der Waals surface area contributed by atoms with Crippen LogP contribution in [-0.2, 0) is 4.79 Å². The van der Waals surface area contributed by atoms with Crippen LogP contribution in [0.1, 0.15) is 13.8 Å². The zero-order chi connectivity index (χ0) is 10.3. The van der Waals surface area contributed by atoms with Crippen LogP contribution < -0.4 is 5.32 Å². The molecule has 4 heteroatoms. The summed E-state index contributed by atoms with van der Waals surface area (Å²) in [5.74, 6) is 0.0631. The number of hydrogen-bond acceptors (Lipinski definition) is 2. The van der Waals surface area contributed by atoms with Gasteiger partial charge in [-0.2, -0.15) is 0 Å². The summed E-state index contributed by atoms with van der Waals surface area (Å²) in [6, 6.07) is 5.93. The van der Waals surface area contributed by atoms with Crippen molar-refractivity contribution in [1.82, 2.24) is 0 Å². The molecule has 0 fully saturated rings. The number of thioether (sulfide) groups is 1. The summed E-state index contributed by atoms with van der Waals surface area (Å²) in [6.07, 6.45) is 0. The molecule has 1 aromatic carbocycles. The Balaban J connectivity index is 2.46. The molecule has 0 unspecified atom stereocenters. The van der Waals surface area contributed by atoms with Crippen LogP contribution in [0.3, 0.4) is 0 Å². The molecular weight excluding hydrogens is 262 g/mol. The second kappa shape index (κ2) is 3.28. The van der Waals surface area contributed by atoms with Crippen LogP contribution in [0, 0.1) is 0 Å². The second-order valence-electron chi connectivity index (χ2n) is 3.71. The van der Waals surface area contributed by atoms with Crippen LogP contribution >= 0.6 is 27.7 Å². The number of benzene rings is 1. The van der Waals surface area contributed by atoms with Crippen molar-refractivity contribution in [1.29, 1.82) is 0 Å². The highest BCUT2D eigenvalue weighted by molar-refractivity contribution is 9.10. The van der Waals surface area contributed by atoms with Gasteiger partial charge in [-0.1, -0.05) is 15.9 Å². The van der Waals surface area contributed by atoms with Crippen LogP contribution in [0.4, 0.5) is 5.69 Å². The summed E-state index contributed by atoms with van der Waals surface area (Å²) in [5, 5.41) is 2.90. The summed E-state index contributed by atoms with van der Waals surface area (Å²) < 4.78 is 0.609. The summed E-state index contributed by atoms with van der Waals surface area (Å²) in [5.41, 5.74) is 0.897. The molecule has 2 nitrogen and oxygen atoms in total. The maximum absolute atomic E-state index is 11.6. The minimum absolute atomic E-state index is 0.0631. The number of amides is 1. The minimum atomic E-state index is -0.374. The van der Waals surface area contributed by atoms with Gasteiger partial charge in [0.1, 0.15) is 0 Å². The smallest absolute Gasteiger partial charge is 0.240 e. The highest BCUT2D eigenvalue weighted by Crippen LogP contribution is 2.42. The number of anilines is 1. The van der Waals surface area contributed by atoms with Gasteiger partial charge in [0.25, 0.3) is 0 Å². The average molecular weight is 272 g/mol. The lowest BCUT2D eigenvalue weighted by Crippen LogP contribution is -2.36. The topological polar surface area (TPSA) is 29.1 Å². The van der Waals surface area contributed by atoms with Gasteiger partial charge in [0.05, 0.1) is 10.4 Å². The first kappa shape index (κ1) is 10.1. The number of carbonyl (C=O) groups excluding carboxylic acids is 1. The third-order valence-electron chi connectivity index (χ3n) is 2.10. The quantitative estimate of drug-likeness (QED) is 0.785. The number of hydrogen-bond donors (Lipinski definition) is 1. The SMILES string of the molecule is CC1(C)Sc2ccc(Br)cc2NC1=O. The van der Waals surface area contributed by atoms with Crippen molar-refractivity contribution >= 4 is 39.3 Å². The fraction of sp³-hybridized carbons (Fsp3) is 0.300. The lowest BCUT2D eigenvalue weighted by Gasteiger charge is -2.29. The molecule has 74 valence electrons. The van der Waals surface area contributed by atoms with Crippen LogP contribution in [0.15, 0.2) is 27.6 Å². The van der Waals surface area contributed by atoms with Gasteiger partial charge in [0.2, 0.25) is 5.91 Å². The Bertz CT molecular complexity index is 403. The fourth-order valence-corrected chi connectivity index (χ4v) is 2.69. The Hall–Kier alpha value is -0.480. The van der Waals surface area contributed by atoms with Gasteiger partial charge >= 0.3 is 0 Å². The third kappa shape index (κ3) is 1.68. The molecule has 1 N–H and O–H groups in total. The highest BCUT2D eigenvalue weighted by atomic mass is 79.9. The van der Waals surface area contributed by atoms with E-state index in [1.165, 1.54) is 0 Å². The van der Waals surface area contributed by atoms with Gasteiger partial charge < -0.3 is 5.32 Å². The van der Waals surface area contributed by atoms with E-state index in [1.807, 2.05) is 32.0 Å². The Kier molecular flexibility index (Phi) is 2.35. The molecule has 1 amide bonds. The summed E-state index contributed by atoms with van der Waals surface area (Å²) in [6.45, 7) is 3.86. The van der Waals surface area contributed by atoms with Crippen LogP contribution in [0.5, 0.6) is 0 Å². The monoisotopic (exact) mass is 271 g/mol. The van der Waals surface area contributed by atoms with E-state index in [2.05, 4.69) is 21.2 Å². The summed E-state index contributed by atoms with van der Waals surface area (Å²) >= 11 is 4.98.